The average Bonchev–Trinajstić information content (AvgIpc) is 2.66. The Hall–Kier alpha value is -3.29. The molecule has 0 bridgehead atoms. The van der Waals surface area contributed by atoms with E-state index in [1.807, 2.05) is 0 Å². The van der Waals surface area contributed by atoms with Gasteiger partial charge in [-0.1, -0.05) is 6.07 Å². The molecule has 0 spiro atoms. The maximum Gasteiger partial charge on any atom is 0.338 e. The van der Waals surface area contributed by atoms with Crippen molar-refractivity contribution >= 4 is 17.6 Å². The largest absolute Gasteiger partial charge is 0.493 e. The number of methoxy groups -OCH3 is 3. The molecule has 7 nitrogen and oxygen atoms in total. The quantitative estimate of drug-likeness (QED) is 0.747. The molecule has 0 atom stereocenters. The standard InChI is InChI=1S/C19H20FNO6/c1-11-5-6-14(13(20)7-11)21-17(22)10-27-19(23)12-8-15(24-2)18(26-4)16(9-12)25-3/h5-9H,10H2,1-4H3,(H,21,22). The molecule has 0 aliphatic heterocycles. The number of halogens is 1. The van der Waals surface area contributed by atoms with Gasteiger partial charge in [-0.15, -0.1) is 0 Å². The lowest BCUT2D eigenvalue weighted by Gasteiger charge is -2.13. The zero-order chi connectivity index (χ0) is 20.0. The van der Waals surface area contributed by atoms with Crippen molar-refractivity contribution in [1.82, 2.24) is 0 Å². The molecular weight excluding hydrogens is 357 g/mol. The molecule has 0 heterocycles. The Morgan fingerprint density at radius 1 is 1.00 bits per heavy atom. The van der Waals surface area contributed by atoms with Crippen molar-refractivity contribution in [3.8, 4) is 17.2 Å². The van der Waals surface area contributed by atoms with Gasteiger partial charge in [-0.3, -0.25) is 4.79 Å². The van der Waals surface area contributed by atoms with Crippen LogP contribution >= 0.6 is 0 Å². The molecule has 1 amide bonds. The van der Waals surface area contributed by atoms with E-state index in [2.05, 4.69) is 5.32 Å². The van der Waals surface area contributed by atoms with E-state index in [9.17, 15) is 14.0 Å². The number of esters is 1. The van der Waals surface area contributed by atoms with Gasteiger partial charge in [-0.25, -0.2) is 9.18 Å². The summed E-state index contributed by atoms with van der Waals surface area (Å²) in [5.74, 6) is -1.14. The lowest BCUT2D eigenvalue weighted by molar-refractivity contribution is -0.119. The second-order valence-corrected chi connectivity index (χ2v) is 5.52. The first kappa shape index (κ1) is 20.0. The van der Waals surface area contributed by atoms with E-state index in [0.717, 1.165) is 5.56 Å². The molecule has 0 saturated carbocycles. The number of hydrogen-bond acceptors (Lipinski definition) is 6. The Balaban J connectivity index is 2.05. The fourth-order valence-corrected chi connectivity index (χ4v) is 2.32. The summed E-state index contributed by atoms with van der Waals surface area (Å²) in [5, 5.41) is 2.35. The van der Waals surface area contributed by atoms with Gasteiger partial charge in [0.05, 0.1) is 32.6 Å². The summed E-state index contributed by atoms with van der Waals surface area (Å²) < 4.78 is 34.2. The van der Waals surface area contributed by atoms with Gasteiger partial charge in [-0.05, 0) is 36.8 Å². The maximum atomic E-state index is 13.8. The summed E-state index contributed by atoms with van der Waals surface area (Å²) in [7, 11) is 4.26. The van der Waals surface area contributed by atoms with Gasteiger partial charge in [0.25, 0.3) is 5.91 Å². The van der Waals surface area contributed by atoms with Gasteiger partial charge in [0.1, 0.15) is 5.82 Å². The number of ether oxygens (including phenoxy) is 4. The molecule has 2 rings (SSSR count). The molecule has 0 unspecified atom stereocenters. The highest BCUT2D eigenvalue weighted by Crippen LogP contribution is 2.38. The lowest BCUT2D eigenvalue weighted by Crippen LogP contribution is -2.21. The first-order valence-corrected chi connectivity index (χ1v) is 7.92. The highest BCUT2D eigenvalue weighted by atomic mass is 19.1. The zero-order valence-electron chi connectivity index (χ0n) is 15.4. The number of anilines is 1. The third-order valence-corrected chi connectivity index (χ3v) is 3.63. The van der Waals surface area contributed by atoms with Crippen molar-refractivity contribution < 1.29 is 32.9 Å². The van der Waals surface area contributed by atoms with Crippen LogP contribution in [0, 0.1) is 12.7 Å². The minimum atomic E-state index is -0.770. The van der Waals surface area contributed by atoms with Crippen LogP contribution in [0.5, 0.6) is 17.2 Å². The molecule has 1 N–H and O–H groups in total. The van der Waals surface area contributed by atoms with Gasteiger partial charge in [0.2, 0.25) is 5.75 Å². The van der Waals surface area contributed by atoms with Crippen LogP contribution in [0.4, 0.5) is 10.1 Å². The second-order valence-electron chi connectivity index (χ2n) is 5.52. The number of benzene rings is 2. The van der Waals surface area contributed by atoms with Crippen molar-refractivity contribution in [1.29, 1.82) is 0 Å². The molecule has 2 aromatic carbocycles. The van der Waals surface area contributed by atoms with Crippen LogP contribution < -0.4 is 19.5 Å². The van der Waals surface area contributed by atoms with Crippen LogP contribution in [0.1, 0.15) is 15.9 Å². The van der Waals surface area contributed by atoms with Crippen LogP contribution in [0.2, 0.25) is 0 Å². The van der Waals surface area contributed by atoms with Gasteiger partial charge >= 0.3 is 5.97 Å². The van der Waals surface area contributed by atoms with Crippen LogP contribution in [-0.2, 0) is 9.53 Å². The number of nitrogens with one attached hydrogen (secondary N) is 1. The lowest BCUT2D eigenvalue weighted by atomic mass is 10.2. The predicted octanol–water partition coefficient (Wildman–Crippen LogP) is 2.96. The smallest absolute Gasteiger partial charge is 0.338 e. The molecule has 0 fully saturated rings. The van der Waals surface area contributed by atoms with Gasteiger partial charge in [0.15, 0.2) is 18.1 Å². The third-order valence-electron chi connectivity index (χ3n) is 3.63. The summed E-state index contributed by atoms with van der Waals surface area (Å²) in [5.41, 5.74) is 0.840. The molecule has 0 aliphatic rings. The van der Waals surface area contributed by atoms with E-state index in [-0.39, 0.29) is 22.7 Å². The summed E-state index contributed by atoms with van der Waals surface area (Å²) in [6.07, 6.45) is 0. The van der Waals surface area contributed by atoms with E-state index in [4.69, 9.17) is 18.9 Å². The molecular formula is C19H20FNO6. The normalized spacial score (nSPS) is 10.1. The van der Waals surface area contributed by atoms with E-state index in [1.54, 1.807) is 13.0 Å². The summed E-state index contributed by atoms with van der Waals surface area (Å²) in [6, 6.07) is 7.18. The van der Waals surface area contributed by atoms with Crippen LogP contribution in [0.3, 0.4) is 0 Å². The topological polar surface area (TPSA) is 83.1 Å². The molecule has 144 valence electrons. The van der Waals surface area contributed by atoms with Crippen LogP contribution in [0.25, 0.3) is 0 Å². The second kappa shape index (κ2) is 8.88. The Labute approximate surface area is 156 Å². The fourth-order valence-electron chi connectivity index (χ4n) is 2.32. The van der Waals surface area contributed by atoms with Gasteiger partial charge in [0, 0.05) is 0 Å². The first-order chi connectivity index (χ1) is 12.9. The number of amides is 1. The molecule has 2 aromatic rings. The minimum Gasteiger partial charge on any atom is -0.493 e. The zero-order valence-corrected chi connectivity index (χ0v) is 15.4. The average molecular weight is 377 g/mol. The fraction of sp³-hybridized carbons (Fsp3) is 0.263. The summed E-state index contributed by atoms with van der Waals surface area (Å²) in [4.78, 5) is 24.1. The highest BCUT2D eigenvalue weighted by Gasteiger charge is 2.19. The highest BCUT2D eigenvalue weighted by molar-refractivity contribution is 5.96. The first-order valence-electron chi connectivity index (χ1n) is 7.92. The Kier molecular flexibility index (Phi) is 6.59. The van der Waals surface area contributed by atoms with E-state index < -0.39 is 24.3 Å². The number of rotatable bonds is 7. The molecule has 8 heteroatoms. The van der Waals surface area contributed by atoms with E-state index in [0.29, 0.717) is 5.75 Å². The van der Waals surface area contributed by atoms with Crippen LogP contribution in [-0.4, -0.2) is 39.8 Å². The van der Waals surface area contributed by atoms with Gasteiger partial charge < -0.3 is 24.3 Å². The Morgan fingerprint density at radius 2 is 1.63 bits per heavy atom. The molecule has 0 aliphatic carbocycles. The van der Waals surface area contributed by atoms with Crippen molar-refractivity contribution in [2.24, 2.45) is 0 Å². The van der Waals surface area contributed by atoms with Crippen LogP contribution in [0.15, 0.2) is 30.3 Å². The number of carbonyl (C=O) groups is 2. The maximum absolute atomic E-state index is 13.8. The predicted molar refractivity (Wildman–Crippen MR) is 96.1 cm³/mol. The number of carbonyl (C=O) groups excluding carboxylic acids is 2. The van der Waals surface area contributed by atoms with Gasteiger partial charge in [-0.2, -0.15) is 0 Å². The minimum absolute atomic E-state index is 0.00874. The van der Waals surface area contributed by atoms with Crippen molar-refractivity contribution in [2.45, 2.75) is 6.92 Å². The van der Waals surface area contributed by atoms with E-state index >= 15 is 0 Å². The Morgan fingerprint density at radius 3 is 2.15 bits per heavy atom. The monoisotopic (exact) mass is 377 g/mol. The van der Waals surface area contributed by atoms with E-state index in [1.165, 1.54) is 45.6 Å². The summed E-state index contributed by atoms with van der Waals surface area (Å²) >= 11 is 0. The Bertz CT molecular complexity index is 827. The molecule has 0 radical (unpaired) electrons. The van der Waals surface area contributed by atoms with Crippen molar-refractivity contribution in [3.05, 3.63) is 47.3 Å². The number of hydrogen-bond donors (Lipinski definition) is 1. The third kappa shape index (κ3) is 4.87. The molecule has 0 saturated heterocycles. The summed E-state index contributed by atoms with van der Waals surface area (Å²) in [6.45, 7) is 1.15. The number of aryl methyl sites for hydroxylation is 1. The van der Waals surface area contributed by atoms with Crippen molar-refractivity contribution in [3.63, 3.8) is 0 Å². The molecule has 0 aromatic heterocycles. The van der Waals surface area contributed by atoms with Crippen molar-refractivity contribution in [2.75, 3.05) is 33.3 Å². The SMILES string of the molecule is COc1cc(C(=O)OCC(=O)Nc2ccc(C)cc2F)cc(OC)c1OC. The molecule has 27 heavy (non-hydrogen) atoms.